The van der Waals surface area contributed by atoms with Gasteiger partial charge >= 0.3 is 0 Å². The summed E-state index contributed by atoms with van der Waals surface area (Å²) >= 11 is 12.0. The van der Waals surface area contributed by atoms with E-state index < -0.39 is 5.91 Å². The highest BCUT2D eigenvalue weighted by molar-refractivity contribution is 6.36. The highest BCUT2D eigenvalue weighted by atomic mass is 35.5. The summed E-state index contributed by atoms with van der Waals surface area (Å²) in [6.07, 6.45) is 0. The molecule has 0 fully saturated rings. The van der Waals surface area contributed by atoms with Gasteiger partial charge in [0, 0.05) is 16.7 Å². The molecular weight excluding hydrogens is 363 g/mol. The lowest BCUT2D eigenvalue weighted by molar-refractivity contribution is 0.0997. The van der Waals surface area contributed by atoms with Crippen LogP contribution < -0.4 is 15.8 Å². The first-order chi connectivity index (χ1) is 12.0. The second kappa shape index (κ2) is 7.09. The van der Waals surface area contributed by atoms with E-state index in [0.717, 1.165) is 0 Å². The van der Waals surface area contributed by atoms with Crippen LogP contribution >= 0.6 is 23.2 Å². The molecule has 3 rings (SSSR count). The molecule has 0 aliphatic heterocycles. The maximum absolute atomic E-state index is 12.4. The number of benzene rings is 2. The van der Waals surface area contributed by atoms with E-state index in [4.69, 9.17) is 38.1 Å². The second-order valence-corrected chi connectivity index (χ2v) is 6.04. The number of carbonyl (C=O) groups is 1. The van der Waals surface area contributed by atoms with Gasteiger partial charge in [-0.25, -0.2) is 0 Å². The number of amides is 1. The fraction of sp³-hybridized carbons (Fsp3) is 0.0556. The van der Waals surface area contributed by atoms with E-state index in [2.05, 4.69) is 5.32 Å². The van der Waals surface area contributed by atoms with E-state index >= 15 is 0 Å². The van der Waals surface area contributed by atoms with Crippen LogP contribution in [-0.2, 0) is 0 Å². The van der Waals surface area contributed by atoms with E-state index in [1.54, 1.807) is 55.6 Å². The monoisotopic (exact) mass is 376 g/mol. The Morgan fingerprint density at radius 2 is 1.92 bits per heavy atom. The summed E-state index contributed by atoms with van der Waals surface area (Å²) < 4.78 is 10.7. The van der Waals surface area contributed by atoms with E-state index in [1.807, 2.05) is 0 Å². The third-order valence-corrected chi connectivity index (χ3v) is 4.08. The van der Waals surface area contributed by atoms with Gasteiger partial charge < -0.3 is 20.2 Å². The third kappa shape index (κ3) is 3.73. The van der Waals surface area contributed by atoms with E-state index in [9.17, 15) is 4.79 Å². The molecule has 0 spiro atoms. The minimum atomic E-state index is -0.423. The van der Waals surface area contributed by atoms with Crippen LogP contribution in [0.15, 0.2) is 52.9 Å². The van der Waals surface area contributed by atoms with E-state index in [1.165, 1.54) is 0 Å². The summed E-state index contributed by atoms with van der Waals surface area (Å²) in [6, 6.07) is 13.3. The van der Waals surface area contributed by atoms with Gasteiger partial charge in [0.2, 0.25) is 0 Å². The summed E-state index contributed by atoms with van der Waals surface area (Å²) in [7, 11) is 1.54. The smallest absolute Gasteiger partial charge is 0.291 e. The van der Waals surface area contributed by atoms with Crippen LogP contribution in [0.2, 0.25) is 10.0 Å². The van der Waals surface area contributed by atoms with Crippen molar-refractivity contribution in [1.29, 1.82) is 0 Å². The van der Waals surface area contributed by atoms with Crippen LogP contribution in [-0.4, -0.2) is 13.0 Å². The second-order valence-electron chi connectivity index (χ2n) is 5.20. The molecule has 0 bridgehead atoms. The Morgan fingerprint density at radius 3 is 2.60 bits per heavy atom. The van der Waals surface area contributed by atoms with Crippen molar-refractivity contribution in [2.24, 2.45) is 0 Å². The number of ether oxygens (including phenoxy) is 1. The first kappa shape index (κ1) is 17.2. The lowest BCUT2D eigenvalue weighted by Gasteiger charge is -2.08. The fourth-order valence-corrected chi connectivity index (χ4v) is 2.76. The van der Waals surface area contributed by atoms with E-state index in [0.29, 0.717) is 38.5 Å². The molecule has 7 heteroatoms. The number of hydrogen-bond acceptors (Lipinski definition) is 4. The predicted octanol–water partition coefficient (Wildman–Crippen LogP) is 5.10. The van der Waals surface area contributed by atoms with Crippen LogP contribution in [0.1, 0.15) is 10.6 Å². The summed E-state index contributed by atoms with van der Waals surface area (Å²) in [6.45, 7) is 0. The molecule has 0 aliphatic rings. The Bertz CT molecular complexity index is 938. The maximum Gasteiger partial charge on any atom is 0.291 e. The molecule has 1 heterocycles. The first-order valence-corrected chi connectivity index (χ1v) is 8.03. The average molecular weight is 377 g/mol. The number of hydrogen-bond donors (Lipinski definition) is 2. The molecule has 25 heavy (non-hydrogen) atoms. The van der Waals surface area contributed by atoms with Gasteiger partial charge in [-0.15, -0.1) is 0 Å². The molecular formula is C18H14Cl2N2O3. The molecule has 2 aromatic carbocycles. The Hall–Kier alpha value is -2.63. The van der Waals surface area contributed by atoms with E-state index in [-0.39, 0.29) is 5.76 Å². The van der Waals surface area contributed by atoms with Crippen molar-refractivity contribution in [2.45, 2.75) is 0 Å². The molecule has 3 N–H and O–H groups in total. The summed E-state index contributed by atoms with van der Waals surface area (Å²) in [5.41, 5.74) is 7.40. The van der Waals surface area contributed by atoms with Crippen LogP contribution in [0, 0.1) is 0 Å². The zero-order valence-electron chi connectivity index (χ0n) is 13.2. The van der Waals surface area contributed by atoms with Crippen LogP contribution in [0.5, 0.6) is 5.75 Å². The van der Waals surface area contributed by atoms with Crippen LogP contribution in [0.25, 0.3) is 11.3 Å². The van der Waals surface area contributed by atoms with Crippen molar-refractivity contribution >= 4 is 40.5 Å². The predicted molar refractivity (Wildman–Crippen MR) is 99.5 cm³/mol. The molecule has 0 saturated heterocycles. The lowest BCUT2D eigenvalue weighted by atomic mass is 10.2. The van der Waals surface area contributed by atoms with Crippen molar-refractivity contribution in [2.75, 3.05) is 18.2 Å². The Morgan fingerprint density at radius 1 is 1.12 bits per heavy atom. The molecule has 0 unspecified atom stereocenters. The number of halogens is 2. The zero-order chi connectivity index (χ0) is 18.0. The number of anilines is 2. The Kier molecular flexibility index (Phi) is 4.88. The van der Waals surface area contributed by atoms with Crippen LogP contribution in [0.3, 0.4) is 0 Å². The van der Waals surface area contributed by atoms with Gasteiger partial charge in [0.05, 0.1) is 23.5 Å². The number of nitrogen functional groups attached to an aromatic ring is 1. The molecule has 5 nitrogen and oxygen atoms in total. The minimum Gasteiger partial charge on any atom is -0.497 e. The number of carbonyl (C=O) groups excluding carboxylic acids is 1. The van der Waals surface area contributed by atoms with Gasteiger partial charge in [0.25, 0.3) is 5.91 Å². The largest absolute Gasteiger partial charge is 0.497 e. The standard InChI is InChI=1S/C18H14Cl2N2O3/c1-24-11-3-5-15(14(21)9-11)22-18(23)17-7-6-16(25-17)12-4-2-10(19)8-13(12)20/h2-9H,21H2,1H3,(H,22,23). The number of furan rings is 1. The van der Waals surface area contributed by atoms with Gasteiger partial charge in [-0.2, -0.15) is 0 Å². The molecule has 1 amide bonds. The number of methoxy groups -OCH3 is 1. The number of nitrogens with one attached hydrogen (secondary N) is 1. The van der Waals surface area contributed by atoms with Gasteiger partial charge in [0.15, 0.2) is 5.76 Å². The van der Waals surface area contributed by atoms with Gasteiger partial charge in [0.1, 0.15) is 11.5 Å². The highest BCUT2D eigenvalue weighted by Crippen LogP contribution is 2.32. The van der Waals surface area contributed by atoms with Crippen molar-refractivity contribution in [1.82, 2.24) is 0 Å². The van der Waals surface area contributed by atoms with Crippen molar-refractivity contribution < 1.29 is 13.9 Å². The minimum absolute atomic E-state index is 0.135. The van der Waals surface area contributed by atoms with Crippen molar-refractivity contribution in [3.8, 4) is 17.1 Å². The normalized spacial score (nSPS) is 10.5. The lowest BCUT2D eigenvalue weighted by Crippen LogP contribution is -2.12. The zero-order valence-corrected chi connectivity index (χ0v) is 14.7. The summed E-state index contributed by atoms with van der Waals surface area (Å²) in [5, 5.41) is 3.66. The maximum atomic E-state index is 12.4. The molecule has 0 radical (unpaired) electrons. The van der Waals surface area contributed by atoms with Gasteiger partial charge in [-0.05, 0) is 42.5 Å². The molecule has 3 aromatic rings. The Balaban J connectivity index is 1.81. The SMILES string of the molecule is COc1ccc(NC(=O)c2ccc(-c3ccc(Cl)cc3Cl)o2)c(N)c1. The highest BCUT2D eigenvalue weighted by Gasteiger charge is 2.15. The van der Waals surface area contributed by atoms with Crippen LogP contribution in [0.4, 0.5) is 11.4 Å². The fourth-order valence-electron chi connectivity index (χ4n) is 2.26. The third-order valence-electron chi connectivity index (χ3n) is 3.53. The first-order valence-electron chi connectivity index (χ1n) is 7.28. The quantitative estimate of drug-likeness (QED) is 0.621. The molecule has 0 atom stereocenters. The molecule has 1 aromatic heterocycles. The number of rotatable bonds is 4. The summed E-state index contributed by atoms with van der Waals surface area (Å²) in [4.78, 5) is 12.4. The molecule has 0 aliphatic carbocycles. The van der Waals surface area contributed by atoms with Gasteiger partial charge in [-0.1, -0.05) is 23.2 Å². The number of nitrogens with two attached hydrogens (primary N) is 1. The Labute approximate surface area is 154 Å². The summed E-state index contributed by atoms with van der Waals surface area (Å²) in [5.74, 6) is 0.784. The average Bonchev–Trinajstić information content (AvgIpc) is 3.06. The molecule has 0 saturated carbocycles. The van der Waals surface area contributed by atoms with Gasteiger partial charge in [-0.3, -0.25) is 4.79 Å². The van der Waals surface area contributed by atoms with Crippen molar-refractivity contribution in [3.63, 3.8) is 0 Å². The topological polar surface area (TPSA) is 77.5 Å². The molecule has 128 valence electrons. The van der Waals surface area contributed by atoms with Crippen molar-refractivity contribution in [3.05, 3.63) is 64.3 Å².